The van der Waals surface area contributed by atoms with E-state index in [-0.39, 0.29) is 23.0 Å². The molecule has 0 aliphatic heterocycles. The molecule has 1 heterocycles. The van der Waals surface area contributed by atoms with Crippen molar-refractivity contribution in [1.82, 2.24) is 4.98 Å². The van der Waals surface area contributed by atoms with Crippen molar-refractivity contribution in [1.29, 1.82) is 0 Å². The van der Waals surface area contributed by atoms with Gasteiger partial charge in [-0.25, -0.2) is 13.4 Å². The molecule has 0 aliphatic rings. The van der Waals surface area contributed by atoms with Crippen LogP contribution in [0.15, 0.2) is 47.4 Å². The van der Waals surface area contributed by atoms with Gasteiger partial charge in [-0.1, -0.05) is 26.0 Å². The van der Waals surface area contributed by atoms with Crippen molar-refractivity contribution < 1.29 is 13.2 Å². The van der Waals surface area contributed by atoms with E-state index in [1.807, 2.05) is 31.2 Å². The molecular formula is C20H22N2O3S2. The second-order valence-corrected chi connectivity index (χ2v) is 10.1. The Morgan fingerprint density at radius 3 is 2.52 bits per heavy atom. The fraction of sp³-hybridized carbons (Fsp3) is 0.300. The van der Waals surface area contributed by atoms with Crippen LogP contribution in [0.4, 0.5) is 5.69 Å². The number of hydrogen-bond acceptors (Lipinski definition) is 5. The standard InChI is InChI=1S/C20H22N2O3S2/c1-13(2)15-4-6-16(7-5-15)22-20(23)10-11-27(24,25)17-8-9-18-19(12-17)26-14(3)21-18/h4-9,12-13H,10-11H2,1-3H3,(H,22,23). The van der Waals surface area contributed by atoms with E-state index in [1.165, 1.54) is 16.9 Å². The van der Waals surface area contributed by atoms with E-state index in [0.29, 0.717) is 11.6 Å². The summed E-state index contributed by atoms with van der Waals surface area (Å²) in [5.74, 6) is -0.128. The van der Waals surface area contributed by atoms with E-state index in [2.05, 4.69) is 24.1 Å². The Hall–Kier alpha value is -2.25. The van der Waals surface area contributed by atoms with Crippen LogP contribution in [0.2, 0.25) is 0 Å². The van der Waals surface area contributed by atoms with Crippen molar-refractivity contribution in [2.45, 2.75) is 38.0 Å². The number of carbonyl (C=O) groups excluding carboxylic acids is 1. The zero-order chi connectivity index (χ0) is 19.6. The minimum absolute atomic E-state index is 0.0893. The molecule has 0 radical (unpaired) electrons. The molecule has 0 atom stereocenters. The third-order valence-electron chi connectivity index (χ3n) is 4.28. The van der Waals surface area contributed by atoms with Crippen LogP contribution in [0.25, 0.3) is 10.2 Å². The van der Waals surface area contributed by atoms with E-state index < -0.39 is 9.84 Å². The fourth-order valence-electron chi connectivity index (χ4n) is 2.73. The molecule has 5 nitrogen and oxygen atoms in total. The van der Waals surface area contributed by atoms with Crippen LogP contribution < -0.4 is 5.32 Å². The minimum Gasteiger partial charge on any atom is -0.326 e. The maximum Gasteiger partial charge on any atom is 0.225 e. The Morgan fingerprint density at radius 1 is 1.15 bits per heavy atom. The van der Waals surface area contributed by atoms with E-state index in [4.69, 9.17) is 0 Å². The lowest BCUT2D eigenvalue weighted by Crippen LogP contribution is -2.17. The van der Waals surface area contributed by atoms with E-state index in [1.54, 1.807) is 18.2 Å². The second kappa shape index (κ2) is 7.78. The molecule has 27 heavy (non-hydrogen) atoms. The molecule has 1 aromatic heterocycles. The summed E-state index contributed by atoms with van der Waals surface area (Å²) in [6.45, 7) is 6.09. The lowest BCUT2D eigenvalue weighted by atomic mass is 10.0. The van der Waals surface area contributed by atoms with Crippen molar-refractivity contribution in [3.05, 3.63) is 53.0 Å². The molecule has 0 aliphatic carbocycles. The van der Waals surface area contributed by atoms with Gasteiger partial charge in [0.1, 0.15) is 0 Å². The second-order valence-electron chi connectivity index (χ2n) is 6.76. The fourth-order valence-corrected chi connectivity index (χ4v) is 4.94. The van der Waals surface area contributed by atoms with Gasteiger partial charge in [0.05, 0.1) is 25.9 Å². The molecule has 1 N–H and O–H groups in total. The zero-order valence-electron chi connectivity index (χ0n) is 15.5. The highest BCUT2D eigenvalue weighted by Crippen LogP contribution is 2.25. The van der Waals surface area contributed by atoms with Crippen LogP contribution in [0.5, 0.6) is 0 Å². The quantitative estimate of drug-likeness (QED) is 0.657. The van der Waals surface area contributed by atoms with Gasteiger partial charge in [-0.2, -0.15) is 0 Å². The molecule has 0 bridgehead atoms. The SMILES string of the molecule is Cc1nc2ccc(S(=O)(=O)CCC(=O)Nc3ccc(C(C)C)cc3)cc2s1. The molecule has 3 rings (SSSR count). The number of hydrogen-bond donors (Lipinski definition) is 1. The number of sulfone groups is 1. The van der Waals surface area contributed by atoms with Crippen LogP contribution in [-0.4, -0.2) is 25.1 Å². The molecule has 142 valence electrons. The smallest absolute Gasteiger partial charge is 0.225 e. The summed E-state index contributed by atoms with van der Waals surface area (Å²) in [7, 11) is -3.53. The largest absolute Gasteiger partial charge is 0.326 e. The maximum atomic E-state index is 12.6. The van der Waals surface area contributed by atoms with Gasteiger partial charge in [0, 0.05) is 12.1 Å². The van der Waals surface area contributed by atoms with Crippen LogP contribution in [0.3, 0.4) is 0 Å². The molecular weight excluding hydrogens is 380 g/mol. The average molecular weight is 403 g/mol. The molecule has 0 fully saturated rings. The molecule has 7 heteroatoms. The number of amides is 1. The topological polar surface area (TPSA) is 76.1 Å². The number of benzene rings is 2. The summed E-state index contributed by atoms with van der Waals surface area (Å²) in [4.78, 5) is 16.7. The van der Waals surface area contributed by atoms with Gasteiger partial charge < -0.3 is 5.32 Å². The van der Waals surface area contributed by atoms with Gasteiger partial charge >= 0.3 is 0 Å². The number of aromatic nitrogens is 1. The monoisotopic (exact) mass is 402 g/mol. The van der Waals surface area contributed by atoms with Crippen LogP contribution >= 0.6 is 11.3 Å². The van der Waals surface area contributed by atoms with E-state index in [9.17, 15) is 13.2 Å². The van der Waals surface area contributed by atoms with Crippen molar-refractivity contribution in [3.8, 4) is 0 Å². The molecule has 3 aromatic rings. The van der Waals surface area contributed by atoms with Crippen molar-refractivity contribution in [2.75, 3.05) is 11.1 Å². The first kappa shape index (κ1) is 19.5. The highest BCUT2D eigenvalue weighted by Gasteiger charge is 2.18. The Morgan fingerprint density at radius 2 is 1.85 bits per heavy atom. The van der Waals surface area contributed by atoms with Crippen molar-refractivity contribution in [2.24, 2.45) is 0 Å². The lowest BCUT2D eigenvalue weighted by Gasteiger charge is -2.09. The summed E-state index contributed by atoms with van der Waals surface area (Å²) in [5.41, 5.74) is 2.65. The predicted octanol–water partition coefficient (Wildman–Crippen LogP) is 4.53. The molecule has 0 saturated carbocycles. The van der Waals surface area contributed by atoms with Gasteiger partial charge in [-0.3, -0.25) is 4.79 Å². The summed E-state index contributed by atoms with van der Waals surface area (Å²) < 4.78 is 26.0. The third-order valence-corrected chi connectivity index (χ3v) is 6.93. The zero-order valence-corrected chi connectivity index (χ0v) is 17.2. The molecule has 0 saturated heterocycles. The van der Waals surface area contributed by atoms with E-state index in [0.717, 1.165) is 15.2 Å². The highest BCUT2D eigenvalue weighted by molar-refractivity contribution is 7.91. The lowest BCUT2D eigenvalue weighted by molar-refractivity contribution is -0.115. The highest BCUT2D eigenvalue weighted by atomic mass is 32.2. The van der Waals surface area contributed by atoms with Crippen molar-refractivity contribution in [3.63, 3.8) is 0 Å². The third kappa shape index (κ3) is 4.73. The van der Waals surface area contributed by atoms with Gasteiger partial charge in [0.15, 0.2) is 9.84 Å². The number of rotatable bonds is 6. The van der Waals surface area contributed by atoms with Crippen LogP contribution in [0.1, 0.15) is 36.8 Å². The maximum absolute atomic E-state index is 12.6. The first-order valence-corrected chi connectivity index (χ1v) is 11.2. The van der Waals surface area contributed by atoms with E-state index >= 15 is 0 Å². The number of nitrogens with one attached hydrogen (secondary N) is 1. The molecule has 0 unspecified atom stereocenters. The normalized spacial score (nSPS) is 11.9. The molecule has 2 aromatic carbocycles. The molecule has 0 spiro atoms. The Balaban J connectivity index is 1.64. The Kier molecular flexibility index (Phi) is 5.62. The minimum atomic E-state index is -3.53. The predicted molar refractivity (Wildman–Crippen MR) is 110 cm³/mol. The average Bonchev–Trinajstić information content (AvgIpc) is 2.99. The van der Waals surface area contributed by atoms with Crippen LogP contribution in [-0.2, 0) is 14.6 Å². The molecule has 1 amide bonds. The summed E-state index contributed by atoms with van der Waals surface area (Å²) in [5, 5.41) is 3.64. The van der Waals surface area contributed by atoms with Crippen molar-refractivity contribution >= 4 is 43.0 Å². The number of nitrogens with zero attached hydrogens (tertiary/aromatic N) is 1. The number of thiazole rings is 1. The summed E-state index contributed by atoms with van der Waals surface area (Å²) in [6.07, 6.45) is -0.0893. The van der Waals surface area contributed by atoms with Gasteiger partial charge in [-0.15, -0.1) is 11.3 Å². The van der Waals surface area contributed by atoms with Gasteiger partial charge in [0.25, 0.3) is 0 Å². The van der Waals surface area contributed by atoms with Crippen LogP contribution in [0, 0.1) is 6.92 Å². The first-order chi connectivity index (χ1) is 12.7. The number of fused-ring (bicyclic) bond motifs is 1. The van der Waals surface area contributed by atoms with Gasteiger partial charge in [-0.05, 0) is 48.7 Å². The number of anilines is 1. The number of carbonyl (C=O) groups is 1. The number of aryl methyl sites for hydroxylation is 1. The summed E-state index contributed by atoms with van der Waals surface area (Å²) >= 11 is 1.46. The first-order valence-electron chi connectivity index (χ1n) is 8.74. The Labute approximate surface area is 163 Å². The Bertz CT molecular complexity index is 1070. The van der Waals surface area contributed by atoms with Gasteiger partial charge in [0.2, 0.25) is 5.91 Å². The summed E-state index contributed by atoms with van der Waals surface area (Å²) in [6, 6.07) is 12.5.